The molecular weight excluding hydrogens is 381 g/mol. The summed E-state index contributed by atoms with van der Waals surface area (Å²) in [4.78, 5) is 24.2. The SMILES string of the molecule is CC(C)C(=O)NC(C)(C)C(=O)Nc1nnc(-c2ccc(C(F)(F)F)cc2)s1. The highest BCUT2D eigenvalue weighted by molar-refractivity contribution is 7.18. The number of amides is 2. The Kier molecular flexibility index (Phi) is 5.88. The van der Waals surface area contributed by atoms with Crippen molar-refractivity contribution < 1.29 is 22.8 Å². The van der Waals surface area contributed by atoms with Crippen LogP contribution < -0.4 is 10.6 Å². The van der Waals surface area contributed by atoms with Crippen LogP contribution in [0.1, 0.15) is 33.3 Å². The molecule has 0 unspecified atom stereocenters. The first-order chi connectivity index (χ1) is 12.4. The molecule has 0 saturated carbocycles. The fourth-order valence-electron chi connectivity index (χ4n) is 1.95. The fourth-order valence-corrected chi connectivity index (χ4v) is 2.70. The molecule has 1 aromatic heterocycles. The van der Waals surface area contributed by atoms with Crippen molar-refractivity contribution in [3.05, 3.63) is 29.8 Å². The van der Waals surface area contributed by atoms with Crippen LogP contribution in [0.5, 0.6) is 0 Å². The molecule has 0 saturated heterocycles. The Morgan fingerprint density at radius 2 is 1.67 bits per heavy atom. The van der Waals surface area contributed by atoms with Crippen LogP contribution in [-0.2, 0) is 15.8 Å². The Morgan fingerprint density at radius 1 is 1.07 bits per heavy atom. The Hall–Kier alpha value is -2.49. The first kappa shape index (κ1) is 20.8. The second-order valence-electron chi connectivity index (χ2n) is 6.71. The Bertz CT molecular complexity index is 829. The zero-order valence-electron chi connectivity index (χ0n) is 15.1. The molecule has 2 rings (SSSR count). The smallest absolute Gasteiger partial charge is 0.342 e. The number of nitrogens with one attached hydrogen (secondary N) is 2. The van der Waals surface area contributed by atoms with Gasteiger partial charge in [0.2, 0.25) is 11.0 Å². The van der Waals surface area contributed by atoms with Crippen molar-refractivity contribution in [1.82, 2.24) is 15.5 Å². The summed E-state index contributed by atoms with van der Waals surface area (Å²) in [5.41, 5.74) is -1.47. The number of carbonyl (C=O) groups is 2. The van der Waals surface area contributed by atoms with Gasteiger partial charge in [0.1, 0.15) is 10.5 Å². The van der Waals surface area contributed by atoms with E-state index >= 15 is 0 Å². The molecule has 0 aliphatic heterocycles. The fraction of sp³-hybridized carbons (Fsp3) is 0.412. The van der Waals surface area contributed by atoms with E-state index in [1.165, 1.54) is 12.1 Å². The lowest BCUT2D eigenvalue weighted by Gasteiger charge is -2.25. The molecule has 0 radical (unpaired) electrons. The normalized spacial score (nSPS) is 12.1. The number of nitrogens with zero attached hydrogens (tertiary/aromatic N) is 2. The molecule has 2 N–H and O–H groups in total. The van der Waals surface area contributed by atoms with Gasteiger partial charge in [-0.25, -0.2) is 0 Å². The maximum atomic E-state index is 12.6. The van der Waals surface area contributed by atoms with Crippen molar-refractivity contribution in [2.45, 2.75) is 39.4 Å². The third-order valence-corrected chi connectivity index (χ3v) is 4.52. The highest BCUT2D eigenvalue weighted by atomic mass is 32.1. The summed E-state index contributed by atoms with van der Waals surface area (Å²) in [5.74, 6) is -1.02. The van der Waals surface area contributed by atoms with E-state index in [4.69, 9.17) is 0 Å². The lowest BCUT2D eigenvalue weighted by atomic mass is 10.0. The van der Waals surface area contributed by atoms with Gasteiger partial charge in [0.25, 0.3) is 5.91 Å². The van der Waals surface area contributed by atoms with Gasteiger partial charge in [-0.1, -0.05) is 37.3 Å². The summed E-state index contributed by atoms with van der Waals surface area (Å²) >= 11 is 1.02. The third-order valence-electron chi connectivity index (χ3n) is 3.63. The second kappa shape index (κ2) is 7.63. The number of aromatic nitrogens is 2. The standard InChI is InChI=1S/C17H19F3N4O2S/c1-9(2)12(25)22-16(3,4)14(26)21-15-24-23-13(27-15)10-5-7-11(8-6-10)17(18,19)20/h5-9H,1-4H3,(H,22,25)(H,21,24,26). The van der Waals surface area contributed by atoms with Crippen LogP contribution in [0.4, 0.5) is 18.3 Å². The number of hydrogen-bond donors (Lipinski definition) is 2. The average Bonchev–Trinajstić information content (AvgIpc) is 3.02. The molecule has 0 bridgehead atoms. The molecule has 0 fully saturated rings. The number of carbonyl (C=O) groups excluding carboxylic acids is 2. The molecule has 0 aliphatic carbocycles. The lowest BCUT2D eigenvalue weighted by molar-refractivity contribution is -0.137. The van der Waals surface area contributed by atoms with Crippen molar-refractivity contribution >= 4 is 28.3 Å². The van der Waals surface area contributed by atoms with Crippen molar-refractivity contribution in [2.75, 3.05) is 5.32 Å². The van der Waals surface area contributed by atoms with Crippen molar-refractivity contribution in [3.8, 4) is 10.6 Å². The van der Waals surface area contributed by atoms with Crippen molar-refractivity contribution in [2.24, 2.45) is 5.92 Å². The number of benzene rings is 1. The molecular formula is C17H19F3N4O2S. The van der Waals surface area contributed by atoms with E-state index in [0.29, 0.717) is 10.6 Å². The molecule has 10 heteroatoms. The molecule has 27 heavy (non-hydrogen) atoms. The maximum absolute atomic E-state index is 12.6. The van der Waals surface area contributed by atoms with Crippen LogP contribution in [0.3, 0.4) is 0 Å². The first-order valence-electron chi connectivity index (χ1n) is 8.05. The van der Waals surface area contributed by atoms with Crippen LogP contribution >= 0.6 is 11.3 Å². The van der Waals surface area contributed by atoms with E-state index in [1.54, 1.807) is 27.7 Å². The van der Waals surface area contributed by atoms with Crippen LogP contribution in [-0.4, -0.2) is 27.6 Å². The van der Waals surface area contributed by atoms with Gasteiger partial charge in [0.15, 0.2) is 0 Å². The van der Waals surface area contributed by atoms with E-state index < -0.39 is 23.2 Å². The van der Waals surface area contributed by atoms with E-state index in [0.717, 1.165) is 23.5 Å². The minimum atomic E-state index is -4.41. The zero-order chi connectivity index (χ0) is 20.4. The Balaban J connectivity index is 2.09. The van der Waals surface area contributed by atoms with Gasteiger partial charge in [-0.05, 0) is 26.0 Å². The van der Waals surface area contributed by atoms with Crippen LogP contribution in [0.2, 0.25) is 0 Å². The van der Waals surface area contributed by atoms with Crippen LogP contribution in [0.15, 0.2) is 24.3 Å². The third kappa shape index (κ3) is 5.25. The molecule has 2 aromatic rings. The number of anilines is 1. The first-order valence-corrected chi connectivity index (χ1v) is 8.86. The molecule has 146 valence electrons. The summed E-state index contributed by atoms with van der Waals surface area (Å²) in [7, 11) is 0. The minimum Gasteiger partial charge on any atom is -0.342 e. The predicted octanol–water partition coefficient (Wildman–Crippen LogP) is 3.71. The average molecular weight is 400 g/mol. The van der Waals surface area contributed by atoms with Gasteiger partial charge < -0.3 is 5.32 Å². The number of halogens is 3. The second-order valence-corrected chi connectivity index (χ2v) is 7.69. The van der Waals surface area contributed by atoms with Gasteiger partial charge in [0, 0.05) is 11.5 Å². The van der Waals surface area contributed by atoms with Crippen molar-refractivity contribution in [1.29, 1.82) is 0 Å². The van der Waals surface area contributed by atoms with Crippen molar-refractivity contribution in [3.63, 3.8) is 0 Å². The topological polar surface area (TPSA) is 84.0 Å². The summed E-state index contributed by atoms with van der Waals surface area (Å²) in [6.45, 7) is 6.54. The van der Waals surface area contributed by atoms with Gasteiger partial charge in [0.05, 0.1) is 5.56 Å². The molecule has 0 atom stereocenters. The molecule has 1 heterocycles. The Labute approximate surface area is 158 Å². The number of alkyl halides is 3. The quantitative estimate of drug-likeness (QED) is 0.801. The molecule has 0 aliphatic rings. The van der Waals surface area contributed by atoms with E-state index in [2.05, 4.69) is 20.8 Å². The summed E-state index contributed by atoms with van der Waals surface area (Å²) in [6, 6.07) is 4.50. The lowest BCUT2D eigenvalue weighted by Crippen LogP contribution is -2.53. The van der Waals surface area contributed by atoms with Gasteiger partial charge in [-0.3, -0.25) is 14.9 Å². The highest BCUT2D eigenvalue weighted by Gasteiger charge is 2.31. The van der Waals surface area contributed by atoms with Crippen LogP contribution in [0, 0.1) is 5.92 Å². The predicted molar refractivity (Wildman–Crippen MR) is 96.0 cm³/mol. The molecule has 1 aromatic carbocycles. The van der Waals surface area contributed by atoms with Gasteiger partial charge in [-0.15, -0.1) is 10.2 Å². The zero-order valence-corrected chi connectivity index (χ0v) is 16.0. The number of rotatable bonds is 5. The van der Waals surface area contributed by atoms with Gasteiger partial charge >= 0.3 is 6.18 Å². The largest absolute Gasteiger partial charge is 0.416 e. The monoisotopic (exact) mass is 400 g/mol. The van der Waals surface area contributed by atoms with E-state index in [1.807, 2.05) is 0 Å². The number of hydrogen-bond acceptors (Lipinski definition) is 5. The maximum Gasteiger partial charge on any atom is 0.416 e. The Morgan fingerprint density at radius 3 is 2.19 bits per heavy atom. The van der Waals surface area contributed by atoms with E-state index in [-0.39, 0.29) is 17.0 Å². The summed E-state index contributed by atoms with van der Waals surface area (Å²) in [6.07, 6.45) is -4.41. The van der Waals surface area contributed by atoms with Crippen LogP contribution in [0.25, 0.3) is 10.6 Å². The highest BCUT2D eigenvalue weighted by Crippen LogP contribution is 2.32. The summed E-state index contributed by atoms with van der Waals surface area (Å²) in [5, 5.41) is 13.5. The minimum absolute atomic E-state index is 0.182. The molecule has 0 spiro atoms. The van der Waals surface area contributed by atoms with E-state index in [9.17, 15) is 22.8 Å². The molecule has 2 amide bonds. The van der Waals surface area contributed by atoms with Gasteiger partial charge in [-0.2, -0.15) is 13.2 Å². The molecule has 6 nitrogen and oxygen atoms in total. The summed E-state index contributed by atoms with van der Waals surface area (Å²) < 4.78 is 37.9.